The van der Waals surface area contributed by atoms with Crippen molar-refractivity contribution in [3.05, 3.63) is 93.8 Å². The number of H-pyrrole nitrogens is 1. The van der Waals surface area contributed by atoms with E-state index in [2.05, 4.69) is 50.0 Å². The molecule has 202 valence electrons. The van der Waals surface area contributed by atoms with Crippen molar-refractivity contribution in [1.29, 1.82) is 0 Å². The highest BCUT2D eigenvalue weighted by Crippen LogP contribution is 2.40. The summed E-state index contributed by atoms with van der Waals surface area (Å²) in [6.07, 6.45) is -1.79. The maximum absolute atomic E-state index is 14.5. The van der Waals surface area contributed by atoms with E-state index in [-0.39, 0.29) is 11.6 Å². The van der Waals surface area contributed by atoms with Crippen LogP contribution in [0.4, 0.5) is 4.39 Å². The van der Waals surface area contributed by atoms with E-state index in [0.717, 1.165) is 21.0 Å². The van der Waals surface area contributed by atoms with Gasteiger partial charge in [0, 0.05) is 19.2 Å². The Morgan fingerprint density at radius 2 is 1.61 bits per heavy atom. The van der Waals surface area contributed by atoms with Gasteiger partial charge in [0.2, 0.25) is 0 Å². The van der Waals surface area contributed by atoms with Crippen LogP contribution in [-0.2, 0) is 18.7 Å². The maximum Gasteiger partial charge on any atom is 0.330 e. The fourth-order valence-electron chi connectivity index (χ4n) is 5.29. The van der Waals surface area contributed by atoms with Crippen molar-refractivity contribution in [2.24, 2.45) is 5.92 Å². The summed E-state index contributed by atoms with van der Waals surface area (Å²) in [7, 11) is -2.96. The number of alkyl halides is 1. The Labute approximate surface area is 221 Å². The second-order valence-electron chi connectivity index (χ2n) is 10.4. The lowest BCUT2D eigenvalue weighted by Crippen LogP contribution is -2.67. The zero-order chi connectivity index (χ0) is 27.5. The Morgan fingerprint density at radius 1 is 1.03 bits per heavy atom. The highest BCUT2D eigenvalue weighted by molar-refractivity contribution is 6.99. The third-order valence-corrected chi connectivity index (χ3v) is 12.0. The lowest BCUT2D eigenvalue weighted by Gasteiger charge is -2.43. The summed E-state index contributed by atoms with van der Waals surface area (Å²) in [5.74, 6) is -1.52. The summed E-state index contributed by atoms with van der Waals surface area (Å²) in [6, 6.07) is 21.2. The lowest BCUT2D eigenvalue weighted by molar-refractivity contribution is -0.154. The lowest BCUT2D eigenvalue weighted by atomic mass is 10.00. The molecule has 2 heterocycles. The number of halogens is 1. The topological polar surface area (TPSA) is 99.6 Å². The summed E-state index contributed by atoms with van der Waals surface area (Å²) in [5.41, 5.74) is -1.33. The van der Waals surface area contributed by atoms with Crippen molar-refractivity contribution < 1.29 is 23.1 Å². The zero-order valence-electron chi connectivity index (χ0n) is 21.9. The Bertz CT molecular complexity index is 1320. The fraction of sp³-hybridized carbons (Fsp3) is 0.393. The second kappa shape index (κ2) is 11.2. The fourth-order valence-corrected chi connectivity index (χ4v) is 9.86. The standard InChI is InChI=1S/C28H33FN2O6Si/c1-19(32)36-25-22(17-29)23(37-26(25)31-16-15-24(33)30-27(31)34)18-35-38(28(2,3)4,20-11-7-5-8-12-20)21-13-9-6-10-14-21/h5-16,22-23,25-26H,17-18H2,1-4H3,(H,30,33,34)/t22-,23-,25-,26-/m1/s1. The van der Waals surface area contributed by atoms with Gasteiger partial charge >= 0.3 is 11.7 Å². The Morgan fingerprint density at radius 3 is 2.08 bits per heavy atom. The van der Waals surface area contributed by atoms with Crippen molar-refractivity contribution in [1.82, 2.24) is 9.55 Å². The molecule has 38 heavy (non-hydrogen) atoms. The molecule has 4 atom stereocenters. The smallest absolute Gasteiger partial charge is 0.330 e. The number of nitrogens with one attached hydrogen (secondary N) is 1. The second-order valence-corrected chi connectivity index (χ2v) is 14.8. The van der Waals surface area contributed by atoms with E-state index in [4.69, 9.17) is 13.9 Å². The van der Waals surface area contributed by atoms with Gasteiger partial charge in [-0.1, -0.05) is 81.4 Å². The van der Waals surface area contributed by atoms with Crippen LogP contribution in [0.2, 0.25) is 5.04 Å². The molecule has 4 rings (SSSR count). The third-order valence-electron chi connectivity index (χ3n) is 6.98. The molecule has 0 aliphatic carbocycles. The van der Waals surface area contributed by atoms with Crippen molar-refractivity contribution in [3.63, 3.8) is 0 Å². The molecule has 1 aliphatic heterocycles. The van der Waals surface area contributed by atoms with Crippen LogP contribution in [0.25, 0.3) is 0 Å². The van der Waals surface area contributed by atoms with Crippen LogP contribution in [0.15, 0.2) is 82.5 Å². The zero-order valence-corrected chi connectivity index (χ0v) is 22.9. The number of carbonyl (C=O) groups is 1. The quantitative estimate of drug-likeness (QED) is 0.348. The van der Waals surface area contributed by atoms with Gasteiger partial charge in [-0.15, -0.1) is 0 Å². The highest BCUT2D eigenvalue weighted by atomic mass is 28.4. The molecule has 1 aliphatic rings. The summed E-state index contributed by atoms with van der Waals surface area (Å²) >= 11 is 0. The molecule has 8 nitrogen and oxygen atoms in total. The molecule has 1 aromatic heterocycles. The largest absolute Gasteiger partial charge is 0.457 e. The van der Waals surface area contributed by atoms with Gasteiger partial charge < -0.3 is 13.9 Å². The van der Waals surface area contributed by atoms with Crippen LogP contribution in [0.5, 0.6) is 0 Å². The number of benzene rings is 2. The molecule has 1 saturated heterocycles. The maximum atomic E-state index is 14.5. The first-order valence-electron chi connectivity index (χ1n) is 12.5. The Balaban J connectivity index is 1.75. The number of hydrogen-bond acceptors (Lipinski definition) is 6. The SMILES string of the molecule is CC(=O)O[C@@H]1[C@H](CF)[C@@H](CO[Si](c2ccccc2)(c2ccccc2)C(C)(C)C)O[C@H]1n1ccc(=O)[nH]c1=O. The summed E-state index contributed by atoms with van der Waals surface area (Å²) in [6.45, 7) is 6.76. The van der Waals surface area contributed by atoms with E-state index in [1.807, 2.05) is 36.4 Å². The Hall–Kier alpha value is -3.34. The van der Waals surface area contributed by atoms with Gasteiger partial charge in [-0.25, -0.2) is 4.79 Å². The van der Waals surface area contributed by atoms with E-state index >= 15 is 0 Å². The van der Waals surface area contributed by atoms with Gasteiger partial charge in [-0.3, -0.25) is 23.5 Å². The molecule has 2 aromatic carbocycles. The van der Waals surface area contributed by atoms with Crippen LogP contribution in [0, 0.1) is 5.92 Å². The molecule has 10 heteroatoms. The van der Waals surface area contributed by atoms with Crippen LogP contribution in [-0.4, -0.2) is 49.3 Å². The highest BCUT2D eigenvalue weighted by Gasteiger charge is 2.53. The van der Waals surface area contributed by atoms with Gasteiger partial charge in [0.05, 0.1) is 25.3 Å². The van der Waals surface area contributed by atoms with Gasteiger partial charge in [-0.2, -0.15) is 0 Å². The van der Waals surface area contributed by atoms with Crippen LogP contribution < -0.4 is 21.6 Å². The predicted octanol–water partition coefficient (Wildman–Crippen LogP) is 2.53. The molecule has 0 radical (unpaired) electrons. The molecular weight excluding hydrogens is 507 g/mol. The van der Waals surface area contributed by atoms with Crippen molar-refractivity contribution in [2.45, 2.75) is 51.2 Å². The summed E-state index contributed by atoms with van der Waals surface area (Å²) < 4.78 is 34.2. The van der Waals surface area contributed by atoms with Crippen LogP contribution >= 0.6 is 0 Å². The molecule has 1 N–H and O–H groups in total. The molecule has 0 amide bonds. The number of rotatable bonds is 8. The number of nitrogens with zero attached hydrogens (tertiary/aromatic N) is 1. The number of esters is 1. The van der Waals surface area contributed by atoms with E-state index < -0.39 is 56.6 Å². The van der Waals surface area contributed by atoms with Gasteiger partial charge in [0.15, 0.2) is 12.3 Å². The van der Waals surface area contributed by atoms with Crippen molar-refractivity contribution in [3.8, 4) is 0 Å². The van der Waals surface area contributed by atoms with E-state index in [9.17, 15) is 18.8 Å². The number of carbonyl (C=O) groups excluding carboxylic acids is 1. The molecule has 1 fully saturated rings. The summed E-state index contributed by atoms with van der Waals surface area (Å²) in [5, 5.41) is 1.79. The molecule has 0 spiro atoms. The first-order valence-corrected chi connectivity index (χ1v) is 14.4. The predicted molar refractivity (Wildman–Crippen MR) is 144 cm³/mol. The van der Waals surface area contributed by atoms with Crippen LogP contribution in [0.3, 0.4) is 0 Å². The monoisotopic (exact) mass is 540 g/mol. The average Bonchev–Trinajstić information content (AvgIpc) is 3.21. The Kier molecular flexibility index (Phi) is 8.15. The first-order chi connectivity index (χ1) is 18.1. The molecule has 0 saturated carbocycles. The number of ether oxygens (including phenoxy) is 2. The van der Waals surface area contributed by atoms with E-state index in [0.29, 0.717) is 0 Å². The van der Waals surface area contributed by atoms with Crippen molar-refractivity contribution >= 4 is 24.7 Å². The van der Waals surface area contributed by atoms with E-state index in [1.165, 1.54) is 13.1 Å². The minimum atomic E-state index is -2.96. The number of hydrogen-bond donors (Lipinski definition) is 1. The van der Waals surface area contributed by atoms with E-state index in [1.54, 1.807) is 0 Å². The number of aromatic amines is 1. The molecule has 0 unspecified atom stereocenters. The third kappa shape index (κ3) is 5.29. The normalized spacial score (nSPS) is 21.8. The van der Waals surface area contributed by atoms with Gasteiger partial charge in [-0.05, 0) is 15.4 Å². The van der Waals surface area contributed by atoms with Gasteiger partial charge in [0.25, 0.3) is 13.9 Å². The van der Waals surface area contributed by atoms with Crippen molar-refractivity contribution in [2.75, 3.05) is 13.3 Å². The minimum absolute atomic E-state index is 0.00817. The summed E-state index contributed by atoms with van der Waals surface area (Å²) in [4.78, 5) is 38.3. The molecule has 0 bridgehead atoms. The molecule has 3 aromatic rings. The number of aromatic nitrogens is 2. The average molecular weight is 541 g/mol. The first kappa shape index (κ1) is 27.7. The van der Waals surface area contributed by atoms with Crippen LogP contribution in [0.1, 0.15) is 33.9 Å². The van der Waals surface area contributed by atoms with Gasteiger partial charge in [0.1, 0.15) is 0 Å². The molecular formula is C28H33FN2O6Si. The minimum Gasteiger partial charge on any atom is -0.457 e.